The number of alkyl halides is 3. The molecule has 0 spiro atoms. The summed E-state index contributed by atoms with van der Waals surface area (Å²) in [6.45, 7) is 1.58. The second kappa shape index (κ2) is 9.95. The van der Waals surface area contributed by atoms with Crippen molar-refractivity contribution < 1.29 is 35.2 Å². The highest BCUT2D eigenvalue weighted by molar-refractivity contribution is 7.90. The van der Waals surface area contributed by atoms with Crippen molar-refractivity contribution in [3.8, 4) is 0 Å². The summed E-state index contributed by atoms with van der Waals surface area (Å²) in [5.74, 6) is -2.16. The normalized spacial score (nSPS) is 20.2. The van der Waals surface area contributed by atoms with Gasteiger partial charge in [-0.25, -0.2) is 22.2 Å². The van der Waals surface area contributed by atoms with Crippen molar-refractivity contribution in [3.63, 3.8) is 0 Å². The van der Waals surface area contributed by atoms with Gasteiger partial charge in [0.25, 0.3) is 0 Å². The number of carbonyl (C=O) groups is 1. The number of hydrogen-bond donors (Lipinski definition) is 0. The number of hydrogen-bond acceptors (Lipinski definition) is 5. The fraction of sp³-hybridized carbons (Fsp3) is 0.500. The Morgan fingerprint density at radius 2 is 1.72 bits per heavy atom. The van der Waals surface area contributed by atoms with Gasteiger partial charge in [0, 0.05) is 44.0 Å². The number of nitrogens with zero attached hydrogens (tertiary/aromatic N) is 3. The monoisotopic (exact) mass is 531 g/mol. The molecule has 36 heavy (non-hydrogen) atoms. The minimum atomic E-state index is -4.45. The molecule has 3 heterocycles. The third-order valence-electron chi connectivity index (χ3n) is 6.86. The molecule has 0 bridgehead atoms. The Labute approximate surface area is 206 Å². The third-order valence-corrected chi connectivity index (χ3v) is 7.97. The first-order chi connectivity index (χ1) is 16.8. The number of benzene rings is 1. The summed E-state index contributed by atoms with van der Waals surface area (Å²) in [5, 5.41) is 0. The maximum Gasteiger partial charge on any atom is 0.417 e. The maximum atomic E-state index is 14.6. The van der Waals surface area contributed by atoms with E-state index in [1.807, 2.05) is 4.90 Å². The van der Waals surface area contributed by atoms with E-state index in [9.17, 15) is 35.2 Å². The zero-order chi connectivity index (χ0) is 26.3. The first-order valence-corrected chi connectivity index (χ1v) is 13.5. The molecule has 2 aliphatic rings. The van der Waals surface area contributed by atoms with E-state index < -0.39 is 44.0 Å². The van der Waals surface area contributed by atoms with Gasteiger partial charge < -0.3 is 9.80 Å². The molecule has 2 aliphatic heterocycles. The molecule has 0 unspecified atom stereocenters. The minimum absolute atomic E-state index is 0.0313. The number of amides is 1. The molecular formula is C24H26F5N3O3S. The Bertz CT molecular complexity index is 1230. The molecule has 1 atom stereocenters. The van der Waals surface area contributed by atoms with E-state index in [0.717, 1.165) is 24.6 Å². The molecule has 0 radical (unpaired) electrons. The van der Waals surface area contributed by atoms with Gasteiger partial charge in [-0.3, -0.25) is 4.79 Å². The summed E-state index contributed by atoms with van der Waals surface area (Å²) < 4.78 is 90.4. The van der Waals surface area contributed by atoms with Gasteiger partial charge in [0.05, 0.1) is 5.56 Å². The Kier molecular flexibility index (Phi) is 7.27. The summed E-state index contributed by atoms with van der Waals surface area (Å²) >= 11 is 0. The minimum Gasteiger partial charge on any atom is -0.356 e. The van der Waals surface area contributed by atoms with E-state index in [0.29, 0.717) is 57.2 Å². The van der Waals surface area contributed by atoms with E-state index in [1.54, 1.807) is 4.90 Å². The molecule has 196 valence electrons. The third kappa shape index (κ3) is 5.63. The van der Waals surface area contributed by atoms with Crippen LogP contribution in [-0.2, 0) is 27.2 Å². The van der Waals surface area contributed by atoms with E-state index in [-0.39, 0.29) is 23.9 Å². The van der Waals surface area contributed by atoms with Gasteiger partial charge in [0.1, 0.15) is 22.3 Å². The van der Waals surface area contributed by atoms with Crippen LogP contribution in [0.1, 0.15) is 36.8 Å². The lowest BCUT2D eigenvalue weighted by atomic mass is 9.88. The predicted octanol–water partition coefficient (Wildman–Crippen LogP) is 4.23. The lowest BCUT2D eigenvalue weighted by Gasteiger charge is -2.42. The van der Waals surface area contributed by atoms with Crippen molar-refractivity contribution in [2.24, 2.45) is 5.92 Å². The summed E-state index contributed by atoms with van der Waals surface area (Å²) in [4.78, 5) is 20.1. The van der Waals surface area contributed by atoms with Gasteiger partial charge >= 0.3 is 6.18 Å². The molecule has 0 aliphatic carbocycles. The van der Waals surface area contributed by atoms with Crippen LogP contribution in [0.4, 0.5) is 27.8 Å². The zero-order valence-corrected chi connectivity index (χ0v) is 20.4. The number of anilines is 1. The number of rotatable bonds is 5. The molecule has 0 saturated carbocycles. The van der Waals surface area contributed by atoms with Gasteiger partial charge in [-0.2, -0.15) is 13.2 Å². The summed E-state index contributed by atoms with van der Waals surface area (Å²) in [5.41, 5.74) is -0.850. The number of halogens is 5. The Morgan fingerprint density at radius 3 is 2.31 bits per heavy atom. The van der Waals surface area contributed by atoms with Crippen LogP contribution in [0.25, 0.3) is 0 Å². The molecule has 2 fully saturated rings. The summed E-state index contributed by atoms with van der Waals surface area (Å²) in [7, 11) is -3.92. The van der Waals surface area contributed by atoms with Crippen LogP contribution in [0.15, 0.2) is 35.4 Å². The molecule has 12 heteroatoms. The lowest BCUT2D eigenvalue weighted by molar-refractivity contribution is -0.141. The molecule has 1 aromatic carbocycles. The second-order valence-corrected chi connectivity index (χ2v) is 11.3. The average Bonchev–Trinajstić information content (AvgIpc) is 2.81. The topological polar surface area (TPSA) is 70.6 Å². The van der Waals surface area contributed by atoms with Crippen LogP contribution in [0.3, 0.4) is 0 Å². The molecule has 4 rings (SSSR count). The van der Waals surface area contributed by atoms with Crippen LogP contribution in [-0.4, -0.2) is 56.1 Å². The molecule has 6 nitrogen and oxygen atoms in total. The van der Waals surface area contributed by atoms with Gasteiger partial charge in [-0.05, 0) is 61.9 Å². The van der Waals surface area contributed by atoms with Crippen molar-refractivity contribution in [3.05, 3.63) is 53.2 Å². The van der Waals surface area contributed by atoms with Crippen molar-refractivity contribution in [1.82, 2.24) is 9.88 Å². The second-order valence-electron chi connectivity index (χ2n) is 9.34. The van der Waals surface area contributed by atoms with E-state index >= 15 is 0 Å². The van der Waals surface area contributed by atoms with Crippen LogP contribution in [0.2, 0.25) is 0 Å². The van der Waals surface area contributed by atoms with Crippen molar-refractivity contribution in [2.45, 2.75) is 49.2 Å². The van der Waals surface area contributed by atoms with E-state index in [2.05, 4.69) is 4.98 Å². The number of piperidine rings is 2. The lowest BCUT2D eigenvalue weighted by Crippen LogP contribution is -2.52. The highest BCUT2D eigenvalue weighted by atomic mass is 32.2. The quantitative estimate of drug-likeness (QED) is 0.540. The Hall–Kier alpha value is -2.76. The van der Waals surface area contributed by atoms with Crippen LogP contribution in [0, 0.1) is 17.6 Å². The van der Waals surface area contributed by atoms with Crippen molar-refractivity contribution in [1.29, 1.82) is 0 Å². The van der Waals surface area contributed by atoms with E-state index in [4.69, 9.17) is 0 Å². The summed E-state index contributed by atoms with van der Waals surface area (Å²) in [6, 6.07) is 3.79. The van der Waals surface area contributed by atoms with Gasteiger partial charge in [-0.1, -0.05) is 0 Å². The molecule has 2 aromatic rings. The SMILES string of the molecule is CS(=O)(=O)c1cc(F)c(C[C@H]2CCCN(C3CCN(c4ccc(C(F)(F)F)cn4)CC3)C2=O)cc1F. The standard InChI is InChI=1S/C24H26F5N3O3S/c1-36(34,35)21-13-19(25)16(12-20(21)26)11-15-3-2-8-32(23(15)33)18-6-9-31(10-7-18)22-5-4-17(14-30-22)24(27,28)29/h4-5,12-15,18H,2-3,6-11H2,1H3/t15-/m1/s1. The molecular weight excluding hydrogens is 505 g/mol. The van der Waals surface area contributed by atoms with Crippen LogP contribution < -0.4 is 4.90 Å². The fourth-order valence-corrected chi connectivity index (χ4v) is 5.68. The largest absolute Gasteiger partial charge is 0.417 e. The van der Waals surface area contributed by atoms with Gasteiger partial charge in [0.15, 0.2) is 9.84 Å². The molecule has 0 N–H and O–H groups in total. The van der Waals surface area contributed by atoms with Crippen molar-refractivity contribution in [2.75, 3.05) is 30.8 Å². The highest BCUT2D eigenvalue weighted by Gasteiger charge is 2.36. The maximum absolute atomic E-state index is 14.6. The predicted molar refractivity (Wildman–Crippen MR) is 122 cm³/mol. The first kappa shape index (κ1) is 26.3. The Balaban J connectivity index is 1.39. The Morgan fingerprint density at radius 1 is 1.03 bits per heavy atom. The zero-order valence-electron chi connectivity index (χ0n) is 19.6. The average molecular weight is 532 g/mol. The molecule has 1 amide bonds. The number of carbonyl (C=O) groups excluding carboxylic acids is 1. The number of pyridine rings is 1. The van der Waals surface area contributed by atoms with Crippen LogP contribution >= 0.6 is 0 Å². The summed E-state index contributed by atoms with van der Waals surface area (Å²) in [6.07, 6.45) is -0.456. The van der Waals surface area contributed by atoms with Gasteiger partial charge in [-0.15, -0.1) is 0 Å². The van der Waals surface area contributed by atoms with E-state index in [1.165, 1.54) is 6.07 Å². The van der Waals surface area contributed by atoms with Crippen molar-refractivity contribution >= 4 is 21.6 Å². The molecule has 1 aromatic heterocycles. The number of likely N-dealkylation sites (tertiary alicyclic amines) is 1. The molecule has 2 saturated heterocycles. The smallest absolute Gasteiger partial charge is 0.356 e. The van der Waals surface area contributed by atoms with Crippen LogP contribution in [0.5, 0.6) is 0 Å². The highest BCUT2D eigenvalue weighted by Crippen LogP contribution is 2.32. The number of aromatic nitrogens is 1. The first-order valence-electron chi connectivity index (χ1n) is 11.6. The fourth-order valence-electron chi connectivity index (χ4n) is 4.95. The van der Waals surface area contributed by atoms with Gasteiger partial charge in [0.2, 0.25) is 5.91 Å². The number of sulfone groups is 1.